The van der Waals surface area contributed by atoms with Crippen molar-refractivity contribution in [2.24, 2.45) is 0 Å². The van der Waals surface area contributed by atoms with Crippen LogP contribution in [0.1, 0.15) is 39.5 Å². The maximum atomic E-state index is 11.6. The number of amides is 2. The van der Waals surface area contributed by atoms with Crippen LogP contribution in [0.4, 0.5) is 4.79 Å². The van der Waals surface area contributed by atoms with Crippen LogP contribution in [-0.4, -0.2) is 55.1 Å². The Balaban J connectivity index is 2.02. The Morgan fingerprint density at radius 1 is 1.35 bits per heavy atom. The van der Waals surface area contributed by atoms with Crippen molar-refractivity contribution in [3.05, 3.63) is 0 Å². The number of nitrogens with zero attached hydrogens (tertiary/aromatic N) is 2. The highest BCUT2D eigenvalue weighted by Crippen LogP contribution is 2.09. The Kier molecular flexibility index (Phi) is 6.34. The van der Waals surface area contributed by atoms with E-state index in [9.17, 15) is 4.79 Å². The van der Waals surface area contributed by atoms with Gasteiger partial charge in [0, 0.05) is 32.7 Å². The van der Waals surface area contributed by atoms with Crippen molar-refractivity contribution in [2.75, 3.05) is 33.2 Å². The molecule has 1 N–H and O–H groups in total. The highest BCUT2D eigenvalue weighted by molar-refractivity contribution is 5.76. The summed E-state index contributed by atoms with van der Waals surface area (Å²) in [4.78, 5) is 15.4. The first-order valence-corrected chi connectivity index (χ1v) is 6.88. The monoisotopic (exact) mass is 241 g/mol. The lowest BCUT2D eigenvalue weighted by Gasteiger charge is -2.17. The van der Waals surface area contributed by atoms with Gasteiger partial charge in [0.15, 0.2) is 0 Å². The standard InChI is InChI=1S/C13H27N3O/c1-4-8-14-12(2)7-5-6-9-16-11-10-15(3)13(16)17/h12,14H,4-11H2,1-3H3. The van der Waals surface area contributed by atoms with Gasteiger partial charge in [0.05, 0.1) is 0 Å². The van der Waals surface area contributed by atoms with E-state index in [1.807, 2.05) is 11.9 Å². The van der Waals surface area contributed by atoms with Crippen molar-refractivity contribution < 1.29 is 4.79 Å². The molecule has 0 aromatic rings. The molecule has 1 aliphatic rings. The van der Waals surface area contributed by atoms with Crippen LogP contribution in [0, 0.1) is 0 Å². The second kappa shape index (κ2) is 7.54. The molecule has 0 bridgehead atoms. The molecule has 1 fully saturated rings. The van der Waals surface area contributed by atoms with E-state index in [-0.39, 0.29) is 6.03 Å². The van der Waals surface area contributed by atoms with Gasteiger partial charge in [0.25, 0.3) is 0 Å². The minimum atomic E-state index is 0.196. The molecule has 0 aromatic heterocycles. The molecule has 0 aromatic carbocycles. The Morgan fingerprint density at radius 2 is 2.12 bits per heavy atom. The second-order valence-electron chi connectivity index (χ2n) is 5.04. The van der Waals surface area contributed by atoms with Crippen molar-refractivity contribution in [2.45, 2.75) is 45.6 Å². The summed E-state index contributed by atoms with van der Waals surface area (Å²) >= 11 is 0. The fourth-order valence-electron chi connectivity index (χ4n) is 2.16. The predicted octanol–water partition coefficient (Wildman–Crippen LogP) is 1.91. The summed E-state index contributed by atoms with van der Waals surface area (Å²) in [7, 11) is 1.87. The molecule has 0 spiro atoms. The number of nitrogens with one attached hydrogen (secondary N) is 1. The molecule has 1 saturated heterocycles. The summed E-state index contributed by atoms with van der Waals surface area (Å²) in [6.45, 7) is 8.24. The third kappa shape index (κ3) is 4.94. The van der Waals surface area contributed by atoms with E-state index in [0.29, 0.717) is 6.04 Å². The van der Waals surface area contributed by atoms with Gasteiger partial charge in [-0.05, 0) is 32.7 Å². The lowest BCUT2D eigenvalue weighted by molar-refractivity contribution is 0.197. The van der Waals surface area contributed by atoms with Crippen LogP contribution in [0.3, 0.4) is 0 Å². The van der Waals surface area contributed by atoms with Gasteiger partial charge in [-0.15, -0.1) is 0 Å². The number of likely N-dealkylation sites (N-methyl/N-ethyl adjacent to an activating group) is 1. The van der Waals surface area contributed by atoms with Crippen LogP contribution in [0.25, 0.3) is 0 Å². The van der Waals surface area contributed by atoms with E-state index in [4.69, 9.17) is 0 Å². The molecule has 1 rings (SSSR count). The first-order valence-electron chi connectivity index (χ1n) is 6.88. The molecule has 1 aliphatic heterocycles. The van der Waals surface area contributed by atoms with E-state index in [1.54, 1.807) is 4.90 Å². The van der Waals surface area contributed by atoms with Gasteiger partial charge in [-0.2, -0.15) is 0 Å². The number of unbranched alkanes of at least 4 members (excludes halogenated alkanes) is 1. The van der Waals surface area contributed by atoms with E-state index in [0.717, 1.165) is 32.6 Å². The Labute approximate surface area is 105 Å². The normalized spacial score (nSPS) is 17.9. The lowest BCUT2D eigenvalue weighted by atomic mass is 10.1. The van der Waals surface area contributed by atoms with Gasteiger partial charge in [0.1, 0.15) is 0 Å². The van der Waals surface area contributed by atoms with Crippen LogP contribution in [0.15, 0.2) is 0 Å². The number of rotatable bonds is 8. The Morgan fingerprint density at radius 3 is 2.71 bits per heavy atom. The van der Waals surface area contributed by atoms with Gasteiger partial charge < -0.3 is 15.1 Å². The first kappa shape index (κ1) is 14.3. The summed E-state index contributed by atoms with van der Waals surface area (Å²) in [6, 6.07) is 0.800. The number of carbonyl (C=O) groups is 1. The molecule has 100 valence electrons. The van der Waals surface area contributed by atoms with E-state index < -0.39 is 0 Å². The molecule has 0 aliphatic carbocycles. The molecule has 1 unspecified atom stereocenters. The van der Waals surface area contributed by atoms with E-state index in [2.05, 4.69) is 19.2 Å². The summed E-state index contributed by atoms with van der Waals surface area (Å²) in [5.41, 5.74) is 0. The number of carbonyl (C=O) groups excluding carboxylic acids is 1. The maximum Gasteiger partial charge on any atom is 0.319 e. The average molecular weight is 241 g/mol. The number of hydrogen-bond acceptors (Lipinski definition) is 2. The van der Waals surface area contributed by atoms with E-state index >= 15 is 0 Å². The molecule has 17 heavy (non-hydrogen) atoms. The second-order valence-corrected chi connectivity index (χ2v) is 5.04. The predicted molar refractivity (Wildman–Crippen MR) is 71.2 cm³/mol. The molecule has 0 saturated carbocycles. The van der Waals surface area contributed by atoms with Gasteiger partial charge in [-0.25, -0.2) is 4.79 Å². The Hall–Kier alpha value is -0.770. The highest BCUT2D eigenvalue weighted by atomic mass is 16.2. The van der Waals surface area contributed by atoms with Crippen LogP contribution in [0.5, 0.6) is 0 Å². The molecule has 2 amide bonds. The lowest BCUT2D eigenvalue weighted by Crippen LogP contribution is -2.30. The number of hydrogen-bond donors (Lipinski definition) is 1. The number of urea groups is 1. The zero-order valence-corrected chi connectivity index (χ0v) is 11.5. The minimum Gasteiger partial charge on any atom is -0.326 e. The summed E-state index contributed by atoms with van der Waals surface area (Å²) in [6.07, 6.45) is 4.72. The largest absolute Gasteiger partial charge is 0.326 e. The molecule has 0 radical (unpaired) electrons. The van der Waals surface area contributed by atoms with Gasteiger partial charge in [-0.3, -0.25) is 0 Å². The minimum absolute atomic E-state index is 0.196. The molecule has 4 nitrogen and oxygen atoms in total. The van der Waals surface area contributed by atoms with Crippen LogP contribution in [0.2, 0.25) is 0 Å². The Bertz CT molecular complexity index is 233. The molecular weight excluding hydrogens is 214 g/mol. The molecule has 1 heterocycles. The smallest absolute Gasteiger partial charge is 0.319 e. The fourth-order valence-corrected chi connectivity index (χ4v) is 2.16. The zero-order chi connectivity index (χ0) is 12.7. The summed E-state index contributed by atoms with van der Waals surface area (Å²) in [5.74, 6) is 0. The maximum absolute atomic E-state index is 11.6. The van der Waals surface area contributed by atoms with Crippen molar-refractivity contribution in [1.29, 1.82) is 0 Å². The van der Waals surface area contributed by atoms with Crippen molar-refractivity contribution in [3.63, 3.8) is 0 Å². The van der Waals surface area contributed by atoms with Crippen molar-refractivity contribution in [1.82, 2.24) is 15.1 Å². The fraction of sp³-hybridized carbons (Fsp3) is 0.923. The third-order valence-electron chi connectivity index (χ3n) is 3.36. The summed E-state index contributed by atoms with van der Waals surface area (Å²) < 4.78 is 0. The average Bonchev–Trinajstić information content (AvgIpc) is 2.63. The van der Waals surface area contributed by atoms with Crippen molar-refractivity contribution >= 4 is 6.03 Å². The van der Waals surface area contributed by atoms with Gasteiger partial charge >= 0.3 is 6.03 Å². The topological polar surface area (TPSA) is 35.6 Å². The summed E-state index contributed by atoms with van der Waals surface area (Å²) in [5, 5.41) is 3.49. The third-order valence-corrected chi connectivity index (χ3v) is 3.36. The molecular formula is C13H27N3O. The SMILES string of the molecule is CCCNC(C)CCCCN1CCN(C)C1=O. The van der Waals surface area contributed by atoms with Crippen LogP contribution >= 0.6 is 0 Å². The molecule has 4 heteroatoms. The molecule has 1 atom stereocenters. The van der Waals surface area contributed by atoms with Gasteiger partial charge in [0.2, 0.25) is 0 Å². The van der Waals surface area contributed by atoms with Crippen molar-refractivity contribution in [3.8, 4) is 0 Å². The zero-order valence-electron chi connectivity index (χ0n) is 11.5. The quantitative estimate of drug-likeness (QED) is 0.659. The van der Waals surface area contributed by atoms with Crippen LogP contribution in [-0.2, 0) is 0 Å². The van der Waals surface area contributed by atoms with Crippen LogP contribution < -0.4 is 5.32 Å². The van der Waals surface area contributed by atoms with E-state index in [1.165, 1.54) is 19.3 Å². The highest BCUT2D eigenvalue weighted by Gasteiger charge is 2.24. The first-order chi connectivity index (χ1) is 8.15. The van der Waals surface area contributed by atoms with Gasteiger partial charge in [-0.1, -0.05) is 13.3 Å².